The fourth-order valence-electron chi connectivity index (χ4n) is 1.79. The zero-order chi connectivity index (χ0) is 11.3. The Morgan fingerprint density at radius 2 is 2.20 bits per heavy atom. The highest BCUT2D eigenvalue weighted by molar-refractivity contribution is 6.27. The summed E-state index contributed by atoms with van der Waals surface area (Å²) < 4.78 is 4.93. The summed E-state index contributed by atoms with van der Waals surface area (Å²) in [5.41, 5.74) is 0. The first-order valence-electron chi connectivity index (χ1n) is 5.22. The van der Waals surface area contributed by atoms with Crippen molar-refractivity contribution in [3.63, 3.8) is 0 Å². The third-order valence-electron chi connectivity index (χ3n) is 2.50. The van der Waals surface area contributed by atoms with Gasteiger partial charge in [-0.1, -0.05) is 0 Å². The van der Waals surface area contributed by atoms with Gasteiger partial charge in [0.1, 0.15) is 11.9 Å². The standard InChI is InChI=1S/C10H16ClNO3/c1-2-15-10(14)8-5-3-4-6-12(8)9(13)7-11/h8H,2-7H2,1H3/t8-/m0/s1. The third-order valence-corrected chi connectivity index (χ3v) is 2.72. The highest BCUT2D eigenvalue weighted by Crippen LogP contribution is 2.18. The van der Waals surface area contributed by atoms with E-state index in [4.69, 9.17) is 16.3 Å². The van der Waals surface area contributed by atoms with Crippen molar-refractivity contribution in [3.8, 4) is 0 Å². The number of esters is 1. The van der Waals surface area contributed by atoms with E-state index < -0.39 is 6.04 Å². The molecule has 1 atom stereocenters. The number of carbonyl (C=O) groups is 2. The quantitative estimate of drug-likeness (QED) is 0.543. The molecule has 1 heterocycles. The van der Waals surface area contributed by atoms with Gasteiger partial charge in [-0.15, -0.1) is 11.6 Å². The van der Waals surface area contributed by atoms with Crippen LogP contribution in [0.15, 0.2) is 0 Å². The van der Waals surface area contributed by atoms with E-state index >= 15 is 0 Å². The molecule has 15 heavy (non-hydrogen) atoms. The molecule has 1 aliphatic rings. The lowest BCUT2D eigenvalue weighted by Gasteiger charge is -2.33. The fourth-order valence-corrected chi connectivity index (χ4v) is 1.94. The van der Waals surface area contributed by atoms with E-state index in [9.17, 15) is 9.59 Å². The molecule has 0 aromatic heterocycles. The molecule has 1 saturated heterocycles. The van der Waals surface area contributed by atoms with Crippen LogP contribution in [0.25, 0.3) is 0 Å². The average molecular weight is 234 g/mol. The van der Waals surface area contributed by atoms with Crippen molar-refractivity contribution in [2.24, 2.45) is 0 Å². The predicted molar refractivity (Wildman–Crippen MR) is 56.7 cm³/mol. The largest absolute Gasteiger partial charge is 0.464 e. The van der Waals surface area contributed by atoms with Crippen molar-refractivity contribution in [2.45, 2.75) is 32.2 Å². The maximum absolute atomic E-state index is 11.6. The summed E-state index contributed by atoms with van der Waals surface area (Å²) in [6.45, 7) is 2.71. The molecule has 0 bridgehead atoms. The van der Waals surface area contributed by atoms with Gasteiger partial charge < -0.3 is 9.64 Å². The second-order valence-corrected chi connectivity index (χ2v) is 3.75. The van der Waals surface area contributed by atoms with E-state index in [1.54, 1.807) is 6.92 Å². The summed E-state index contributed by atoms with van der Waals surface area (Å²) in [5, 5.41) is 0. The summed E-state index contributed by atoms with van der Waals surface area (Å²) in [6.07, 6.45) is 2.57. The summed E-state index contributed by atoms with van der Waals surface area (Å²) in [7, 11) is 0. The number of rotatable bonds is 3. The minimum atomic E-state index is -0.426. The Morgan fingerprint density at radius 3 is 2.80 bits per heavy atom. The Labute approximate surface area is 94.5 Å². The topological polar surface area (TPSA) is 46.6 Å². The van der Waals surface area contributed by atoms with Gasteiger partial charge >= 0.3 is 5.97 Å². The zero-order valence-corrected chi connectivity index (χ0v) is 9.63. The van der Waals surface area contributed by atoms with Crippen molar-refractivity contribution in [1.29, 1.82) is 0 Å². The first-order chi connectivity index (χ1) is 7.20. The van der Waals surface area contributed by atoms with E-state index in [1.165, 1.54) is 4.90 Å². The summed E-state index contributed by atoms with van der Waals surface area (Å²) in [5.74, 6) is -0.569. The fraction of sp³-hybridized carbons (Fsp3) is 0.800. The second kappa shape index (κ2) is 5.95. The van der Waals surface area contributed by atoms with E-state index in [1.807, 2.05) is 0 Å². The molecule has 0 saturated carbocycles. The lowest BCUT2D eigenvalue weighted by atomic mass is 10.0. The molecular formula is C10H16ClNO3. The Kier molecular flexibility index (Phi) is 4.88. The number of halogens is 1. The van der Waals surface area contributed by atoms with Crippen molar-refractivity contribution in [3.05, 3.63) is 0 Å². The summed E-state index contributed by atoms with van der Waals surface area (Å²) >= 11 is 5.49. The van der Waals surface area contributed by atoms with E-state index in [0.29, 0.717) is 19.6 Å². The normalized spacial score (nSPS) is 21.2. The Balaban J connectivity index is 2.65. The minimum Gasteiger partial charge on any atom is -0.464 e. The number of alkyl halides is 1. The highest BCUT2D eigenvalue weighted by atomic mass is 35.5. The van der Waals surface area contributed by atoms with Crippen LogP contribution in [-0.2, 0) is 14.3 Å². The molecule has 86 valence electrons. The molecule has 0 aromatic rings. The molecule has 0 aromatic carbocycles. The Bertz CT molecular complexity index is 245. The van der Waals surface area contributed by atoms with E-state index in [-0.39, 0.29) is 17.8 Å². The van der Waals surface area contributed by atoms with Crippen molar-refractivity contribution in [2.75, 3.05) is 19.0 Å². The average Bonchev–Trinajstić information content (AvgIpc) is 2.28. The molecule has 1 amide bonds. The molecule has 1 fully saturated rings. The number of likely N-dealkylation sites (tertiary alicyclic amines) is 1. The summed E-state index contributed by atoms with van der Waals surface area (Å²) in [6, 6.07) is -0.426. The maximum atomic E-state index is 11.6. The molecule has 0 spiro atoms. The first-order valence-corrected chi connectivity index (χ1v) is 5.76. The van der Waals surface area contributed by atoms with Gasteiger partial charge in [0.25, 0.3) is 0 Å². The van der Waals surface area contributed by atoms with Crippen LogP contribution in [0.5, 0.6) is 0 Å². The van der Waals surface area contributed by atoms with Gasteiger partial charge in [0, 0.05) is 6.54 Å². The molecule has 0 N–H and O–H groups in total. The number of hydrogen-bond donors (Lipinski definition) is 0. The number of piperidine rings is 1. The molecule has 0 unspecified atom stereocenters. The van der Waals surface area contributed by atoms with Crippen molar-refractivity contribution >= 4 is 23.5 Å². The van der Waals surface area contributed by atoms with Gasteiger partial charge in [-0.2, -0.15) is 0 Å². The van der Waals surface area contributed by atoms with Crippen LogP contribution in [0.2, 0.25) is 0 Å². The van der Waals surface area contributed by atoms with Gasteiger partial charge in [-0.25, -0.2) is 4.79 Å². The first kappa shape index (κ1) is 12.3. The van der Waals surface area contributed by atoms with Gasteiger partial charge in [-0.05, 0) is 26.2 Å². The molecular weight excluding hydrogens is 218 g/mol. The molecule has 5 heteroatoms. The summed E-state index contributed by atoms with van der Waals surface area (Å²) in [4.78, 5) is 24.6. The van der Waals surface area contributed by atoms with Crippen LogP contribution in [0.3, 0.4) is 0 Å². The van der Waals surface area contributed by atoms with Crippen LogP contribution in [-0.4, -0.2) is 41.8 Å². The van der Waals surface area contributed by atoms with Gasteiger partial charge in [0.05, 0.1) is 6.61 Å². The van der Waals surface area contributed by atoms with Crippen molar-refractivity contribution in [1.82, 2.24) is 4.90 Å². The molecule has 1 aliphatic heterocycles. The van der Waals surface area contributed by atoms with Crippen LogP contribution in [0.1, 0.15) is 26.2 Å². The monoisotopic (exact) mass is 233 g/mol. The Morgan fingerprint density at radius 1 is 1.47 bits per heavy atom. The van der Waals surface area contributed by atoms with Crippen LogP contribution >= 0.6 is 11.6 Å². The van der Waals surface area contributed by atoms with E-state index in [2.05, 4.69) is 0 Å². The lowest BCUT2D eigenvalue weighted by Crippen LogP contribution is -2.49. The lowest BCUT2D eigenvalue weighted by molar-refractivity contribution is -0.155. The zero-order valence-electron chi connectivity index (χ0n) is 8.87. The van der Waals surface area contributed by atoms with Crippen molar-refractivity contribution < 1.29 is 14.3 Å². The molecule has 4 nitrogen and oxygen atoms in total. The van der Waals surface area contributed by atoms with Crippen LogP contribution in [0.4, 0.5) is 0 Å². The SMILES string of the molecule is CCOC(=O)[C@@H]1CCCCN1C(=O)CCl. The number of ether oxygens (including phenoxy) is 1. The Hall–Kier alpha value is -0.770. The number of nitrogens with zero attached hydrogens (tertiary/aromatic N) is 1. The second-order valence-electron chi connectivity index (χ2n) is 3.48. The number of amides is 1. The minimum absolute atomic E-state index is 0.0735. The third kappa shape index (κ3) is 3.09. The van der Waals surface area contributed by atoms with Gasteiger partial charge in [-0.3, -0.25) is 4.79 Å². The smallest absolute Gasteiger partial charge is 0.328 e. The highest BCUT2D eigenvalue weighted by Gasteiger charge is 2.32. The van der Waals surface area contributed by atoms with Gasteiger partial charge in [0.2, 0.25) is 5.91 Å². The number of hydrogen-bond acceptors (Lipinski definition) is 3. The number of carbonyl (C=O) groups excluding carboxylic acids is 2. The predicted octanol–water partition coefficient (Wildman–Crippen LogP) is 1.17. The van der Waals surface area contributed by atoms with Gasteiger partial charge in [0.15, 0.2) is 0 Å². The molecule has 1 rings (SSSR count). The molecule has 0 radical (unpaired) electrons. The van der Waals surface area contributed by atoms with Crippen LogP contribution < -0.4 is 0 Å². The van der Waals surface area contributed by atoms with E-state index in [0.717, 1.165) is 12.8 Å². The van der Waals surface area contributed by atoms with Crippen LogP contribution in [0, 0.1) is 0 Å². The molecule has 0 aliphatic carbocycles. The maximum Gasteiger partial charge on any atom is 0.328 e.